The third kappa shape index (κ3) is 5.48. The van der Waals surface area contributed by atoms with Crippen LogP contribution in [-0.2, 0) is 0 Å². The molecule has 0 atom stereocenters. The molecule has 0 fully saturated rings. The van der Waals surface area contributed by atoms with E-state index in [9.17, 15) is 0 Å². The van der Waals surface area contributed by atoms with Gasteiger partial charge in [-0.1, -0.05) is 176 Å². The van der Waals surface area contributed by atoms with Gasteiger partial charge in [-0.05, 0) is 53.1 Å². The normalized spacial score (nSPS) is 11.8. The zero-order valence-electron chi connectivity index (χ0n) is 33.9. The molecule has 0 unspecified atom stereocenters. The summed E-state index contributed by atoms with van der Waals surface area (Å²) in [4.78, 5) is 15.9. The summed E-state index contributed by atoms with van der Waals surface area (Å²) in [6.07, 6.45) is 0. The Bertz CT molecular complexity index is 3900. The molecule has 0 aliphatic carbocycles. The molecule has 4 aromatic heterocycles. The van der Waals surface area contributed by atoms with Gasteiger partial charge in [-0.3, -0.25) is 4.57 Å². The summed E-state index contributed by atoms with van der Waals surface area (Å²) in [5, 5.41) is 6.58. The van der Waals surface area contributed by atoms with Crippen molar-refractivity contribution in [2.24, 2.45) is 0 Å². The quantitative estimate of drug-likeness (QED) is 0.168. The molecule has 9 aromatic carbocycles. The molecule has 6 nitrogen and oxygen atoms in total. The van der Waals surface area contributed by atoms with E-state index in [1.807, 2.05) is 48.5 Å². The molecular weight excluding hydrogens is 771 g/mol. The first kappa shape index (κ1) is 35.2. The van der Waals surface area contributed by atoms with Crippen molar-refractivity contribution in [2.45, 2.75) is 0 Å². The van der Waals surface area contributed by atoms with Crippen LogP contribution in [0.5, 0.6) is 0 Å². The highest BCUT2D eigenvalue weighted by Crippen LogP contribution is 2.44. The fraction of sp³-hybridized carbons (Fsp3) is 0. The second kappa shape index (κ2) is 14.0. The van der Waals surface area contributed by atoms with E-state index in [4.69, 9.17) is 19.4 Å². The minimum atomic E-state index is 0.535. The van der Waals surface area contributed by atoms with Crippen molar-refractivity contribution >= 4 is 65.6 Å². The van der Waals surface area contributed by atoms with E-state index in [1.165, 1.54) is 16.3 Å². The first-order valence-corrected chi connectivity index (χ1v) is 21.2. The van der Waals surface area contributed by atoms with E-state index in [2.05, 4.69) is 173 Å². The van der Waals surface area contributed by atoms with E-state index in [0.717, 1.165) is 88.3 Å². The summed E-state index contributed by atoms with van der Waals surface area (Å²) in [6.45, 7) is 0. The maximum absolute atomic E-state index is 6.35. The van der Waals surface area contributed by atoms with Gasteiger partial charge < -0.3 is 8.98 Å². The zero-order valence-corrected chi connectivity index (χ0v) is 33.9. The van der Waals surface area contributed by atoms with Gasteiger partial charge in [0.1, 0.15) is 11.2 Å². The molecule has 0 aliphatic heterocycles. The second-order valence-electron chi connectivity index (χ2n) is 16.0. The molecule has 4 heterocycles. The van der Waals surface area contributed by atoms with E-state index in [1.54, 1.807) is 0 Å². The van der Waals surface area contributed by atoms with Crippen molar-refractivity contribution in [1.82, 2.24) is 24.1 Å². The highest BCUT2D eigenvalue weighted by Gasteiger charge is 2.25. The van der Waals surface area contributed by atoms with Crippen molar-refractivity contribution in [3.63, 3.8) is 0 Å². The van der Waals surface area contributed by atoms with E-state index in [-0.39, 0.29) is 0 Å². The molecule has 0 aliphatic rings. The molecule has 0 amide bonds. The summed E-state index contributed by atoms with van der Waals surface area (Å²) >= 11 is 0. The Morgan fingerprint density at radius 3 is 1.73 bits per heavy atom. The van der Waals surface area contributed by atoms with Gasteiger partial charge in [-0.2, -0.15) is 9.97 Å². The average molecular weight is 806 g/mol. The summed E-state index contributed by atoms with van der Waals surface area (Å²) in [6, 6.07) is 74.5. The topological polar surface area (TPSA) is 61.7 Å². The van der Waals surface area contributed by atoms with Gasteiger partial charge in [-0.25, -0.2) is 4.98 Å². The van der Waals surface area contributed by atoms with E-state index in [0.29, 0.717) is 17.6 Å². The van der Waals surface area contributed by atoms with Crippen LogP contribution in [0.15, 0.2) is 217 Å². The number of hydrogen-bond acceptors (Lipinski definition) is 4. The average Bonchev–Trinajstić information content (AvgIpc) is 4.02. The van der Waals surface area contributed by atoms with Crippen LogP contribution in [0, 0.1) is 0 Å². The number of rotatable bonds is 6. The minimum Gasteiger partial charge on any atom is -0.456 e. The maximum Gasteiger partial charge on any atom is 0.238 e. The lowest BCUT2D eigenvalue weighted by atomic mass is 9.97. The largest absolute Gasteiger partial charge is 0.456 e. The Labute approximate surface area is 361 Å². The Morgan fingerprint density at radius 1 is 0.333 bits per heavy atom. The van der Waals surface area contributed by atoms with Crippen LogP contribution in [-0.4, -0.2) is 24.1 Å². The number of benzene rings is 9. The second-order valence-corrected chi connectivity index (χ2v) is 16.0. The SMILES string of the molecule is c1ccc(-c2ccc(-c3ccccc3)c(-n3c4ccccc4c4ccc5c(c6ccccc6n5-c5nc(-c6ccccc6)nc(-c6cccc7oc8ccccc8c67)n5)c43)c2)cc1. The molecule has 0 spiro atoms. The predicted molar refractivity (Wildman–Crippen MR) is 258 cm³/mol. The summed E-state index contributed by atoms with van der Waals surface area (Å²) < 4.78 is 11.1. The van der Waals surface area contributed by atoms with Gasteiger partial charge in [-0.15, -0.1) is 0 Å². The third-order valence-corrected chi connectivity index (χ3v) is 12.4. The smallest absolute Gasteiger partial charge is 0.238 e. The van der Waals surface area contributed by atoms with Crippen molar-refractivity contribution < 1.29 is 4.42 Å². The predicted octanol–water partition coefficient (Wildman–Crippen LogP) is 14.6. The summed E-state index contributed by atoms with van der Waals surface area (Å²) in [5.41, 5.74) is 13.4. The van der Waals surface area contributed by atoms with Crippen molar-refractivity contribution in [3.8, 4) is 56.7 Å². The molecule has 0 radical (unpaired) electrons. The molecule has 0 bridgehead atoms. The van der Waals surface area contributed by atoms with E-state index < -0.39 is 0 Å². The third-order valence-electron chi connectivity index (χ3n) is 12.4. The van der Waals surface area contributed by atoms with Crippen LogP contribution in [0.3, 0.4) is 0 Å². The first-order chi connectivity index (χ1) is 31.3. The van der Waals surface area contributed by atoms with Crippen LogP contribution in [0.2, 0.25) is 0 Å². The van der Waals surface area contributed by atoms with Crippen LogP contribution < -0.4 is 0 Å². The molecule has 294 valence electrons. The molecule has 0 saturated carbocycles. The van der Waals surface area contributed by atoms with Crippen LogP contribution in [0.1, 0.15) is 0 Å². The van der Waals surface area contributed by atoms with Crippen LogP contribution in [0.4, 0.5) is 0 Å². The fourth-order valence-corrected chi connectivity index (χ4v) is 9.63. The number of hydrogen-bond donors (Lipinski definition) is 0. The lowest BCUT2D eigenvalue weighted by molar-refractivity contribution is 0.669. The summed E-state index contributed by atoms with van der Waals surface area (Å²) in [7, 11) is 0. The molecular formula is C57H35N5O. The Kier molecular flexibility index (Phi) is 7.80. The van der Waals surface area contributed by atoms with Gasteiger partial charge in [0.05, 0.1) is 27.8 Å². The van der Waals surface area contributed by atoms with Gasteiger partial charge in [0, 0.05) is 49.0 Å². The van der Waals surface area contributed by atoms with Gasteiger partial charge >= 0.3 is 0 Å². The lowest BCUT2D eigenvalue weighted by Gasteiger charge is -2.17. The molecule has 6 heteroatoms. The number of nitrogens with zero attached hydrogens (tertiary/aromatic N) is 5. The minimum absolute atomic E-state index is 0.535. The number of aromatic nitrogens is 5. The number of fused-ring (bicyclic) bond motifs is 10. The van der Waals surface area contributed by atoms with Crippen molar-refractivity contribution in [2.75, 3.05) is 0 Å². The van der Waals surface area contributed by atoms with Gasteiger partial charge in [0.25, 0.3) is 0 Å². The van der Waals surface area contributed by atoms with Gasteiger partial charge in [0.2, 0.25) is 5.95 Å². The molecule has 13 rings (SSSR count). The number of furan rings is 1. The molecule has 0 N–H and O–H groups in total. The van der Waals surface area contributed by atoms with Crippen molar-refractivity contribution in [3.05, 3.63) is 212 Å². The van der Waals surface area contributed by atoms with Crippen molar-refractivity contribution in [1.29, 1.82) is 0 Å². The first-order valence-electron chi connectivity index (χ1n) is 21.2. The van der Waals surface area contributed by atoms with Crippen LogP contribution in [0.25, 0.3) is 122 Å². The standard InChI is InChI=1S/C57H35N5O/c1-4-17-36(18-5-1)39-31-32-40(37-19-6-2-7-20-37)49(35-39)61-46-27-13-10-23-41(46)42-33-34-48-53(54(42)61)43-24-11-14-28-47(43)62(48)57-59-55(38-21-8-3-9-22-38)58-56(60-57)45-26-16-30-51-52(45)44-25-12-15-29-50(44)63-51/h1-35H. The summed E-state index contributed by atoms with van der Waals surface area (Å²) in [5.74, 6) is 1.70. The fourth-order valence-electron chi connectivity index (χ4n) is 9.63. The van der Waals surface area contributed by atoms with E-state index >= 15 is 0 Å². The molecule has 0 saturated heterocycles. The monoisotopic (exact) mass is 805 g/mol. The highest BCUT2D eigenvalue weighted by atomic mass is 16.3. The Hall–Kier alpha value is -8.61. The highest BCUT2D eigenvalue weighted by molar-refractivity contribution is 6.26. The zero-order chi connectivity index (χ0) is 41.4. The molecule has 63 heavy (non-hydrogen) atoms. The van der Waals surface area contributed by atoms with Crippen LogP contribution >= 0.6 is 0 Å². The maximum atomic E-state index is 6.35. The van der Waals surface area contributed by atoms with Gasteiger partial charge in [0.15, 0.2) is 11.6 Å². The Balaban J connectivity index is 1.15. The molecule has 13 aromatic rings. The Morgan fingerprint density at radius 2 is 0.952 bits per heavy atom. The lowest BCUT2D eigenvalue weighted by Crippen LogP contribution is -2.06. The number of para-hydroxylation sites is 3.